The summed E-state index contributed by atoms with van der Waals surface area (Å²) >= 11 is 5.88. The van der Waals surface area contributed by atoms with Crippen LogP contribution in [-0.4, -0.2) is 63.0 Å². The number of amides is 3. The lowest BCUT2D eigenvalue weighted by Crippen LogP contribution is -2.60. The molecule has 3 heterocycles. The average molecular weight is 498 g/mol. The number of halogens is 2. The molecule has 0 bridgehead atoms. The first-order valence-electron chi connectivity index (χ1n) is 11.5. The number of benzene rings is 1. The van der Waals surface area contributed by atoms with E-state index in [0.717, 1.165) is 5.56 Å². The van der Waals surface area contributed by atoms with Gasteiger partial charge in [0.25, 0.3) is 5.91 Å². The van der Waals surface area contributed by atoms with E-state index < -0.39 is 11.9 Å². The molecule has 3 amide bonds. The van der Waals surface area contributed by atoms with E-state index in [0.29, 0.717) is 47.7 Å². The Morgan fingerprint density at radius 3 is 2.86 bits per heavy atom. The molecule has 2 saturated heterocycles. The highest BCUT2D eigenvalue weighted by atomic mass is 35.5. The van der Waals surface area contributed by atoms with Crippen LogP contribution in [0.1, 0.15) is 29.9 Å². The van der Waals surface area contributed by atoms with Crippen molar-refractivity contribution < 1.29 is 18.8 Å². The van der Waals surface area contributed by atoms with Gasteiger partial charge in [0.05, 0.1) is 18.3 Å². The third-order valence-electron chi connectivity index (χ3n) is 6.77. The predicted octanol–water partition coefficient (Wildman–Crippen LogP) is 2.31. The lowest BCUT2D eigenvalue weighted by Gasteiger charge is -2.39. The Morgan fingerprint density at radius 1 is 1.29 bits per heavy atom. The Labute approximate surface area is 207 Å². The molecule has 1 aromatic carbocycles. The summed E-state index contributed by atoms with van der Waals surface area (Å²) < 4.78 is 16.2. The number of fused-ring (bicyclic) bond motifs is 2. The second-order valence-electron chi connectivity index (χ2n) is 9.07. The molecule has 182 valence electrons. The standard InChI is InChI=1S/C25H25ClFN5O3/c1-30-13-15(12-28-30)2-7-23(33)31-8-9-32-22(14-31)24(34)29-21-6-3-16(10-19(21)25(32)35)18-5-4-17(26)11-20(18)27/h4-6,10-13,16,22H,2-3,7-9,14H2,1H3,(H,29,34). The van der Waals surface area contributed by atoms with Crippen LogP contribution in [0.2, 0.25) is 5.02 Å². The van der Waals surface area contributed by atoms with Gasteiger partial charge in [-0.1, -0.05) is 29.8 Å². The highest BCUT2D eigenvalue weighted by Gasteiger charge is 2.42. The summed E-state index contributed by atoms with van der Waals surface area (Å²) in [7, 11) is 1.82. The van der Waals surface area contributed by atoms with Gasteiger partial charge in [-0.2, -0.15) is 5.10 Å². The molecule has 0 spiro atoms. The first-order valence-corrected chi connectivity index (χ1v) is 11.9. The fourth-order valence-corrected chi connectivity index (χ4v) is 5.05. The molecule has 0 radical (unpaired) electrons. The molecule has 5 rings (SSSR count). The third kappa shape index (κ3) is 4.60. The molecule has 8 nitrogen and oxygen atoms in total. The van der Waals surface area contributed by atoms with Crippen LogP contribution in [0.25, 0.3) is 0 Å². The summed E-state index contributed by atoms with van der Waals surface area (Å²) in [5.41, 5.74) is 2.20. The fraction of sp³-hybridized carbons (Fsp3) is 0.360. The number of allylic oxidation sites excluding steroid dienone is 2. The Hall–Kier alpha value is -3.46. The van der Waals surface area contributed by atoms with Crippen molar-refractivity contribution in [2.75, 3.05) is 19.6 Å². The van der Waals surface area contributed by atoms with Gasteiger partial charge in [0.2, 0.25) is 11.8 Å². The Kier molecular flexibility index (Phi) is 6.19. The molecular weight excluding hydrogens is 473 g/mol. The molecule has 2 fully saturated rings. The quantitative estimate of drug-likeness (QED) is 0.702. The highest BCUT2D eigenvalue weighted by Crippen LogP contribution is 2.34. The van der Waals surface area contributed by atoms with Crippen LogP contribution in [-0.2, 0) is 27.9 Å². The van der Waals surface area contributed by atoms with E-state index in [1.807, 2.05) is 13.2 Å². The molecule has 2 aromatic rings. The number of nitrogens with zero attached hydrogens (tertiary/aromatic N) is 4. The van der Waals surface area contributed by atoms with Crippen LogP contribution in [0.15, 0.2) is 54.0 Å². The maximum Gasteiger partial charge on any atom is 0.256 e. The van der Waals surface area contributed by atoms with Crippen LogP contribution in [0.4, 0.5) is 4.39 Å². The van der Waals surface area contributed by atoms with Crippen LogP contribution in [0.5, 0.6) is 0 Å². The van der Waals surface area contributed by atoms with E-state index in [2.05, 4.69) is 10.4 Å². The van der Waals surface area contributed by atoms with Crippen molar-refractivity contribution in [3.05, 3.63) is 76.0 Å². The van der Waals surface area contributed by atoms with E-state index >= 15 is 0 Å². The number of hydrogen-bond acceptors (Lipinski definition) is 4. The molecule has 1 aromatic heterocycles. The number of aryl methyl sites for hydroxylation is 2. The second kappa shape index (κ2) is 9.30. The van der Waals surface area contributed by atoms with Crippen LogP contribution >= 0.6 is 11.6 Å². The summed E-state index contributed by atoms with van der Waals surface area (Å²) in [6, 6.07) is 3.72. The maximum atomic E-state index is 14.5. The lowest BCUT2D eigenvalue weighted by atomic mass is 9.87. The molecule has 1 aliphatic carbocycles. The zero-order valence-electron chi connectivity index (χ0n) is 19.2. The molecule has 3 aliphatic rings. The normalized spacial score (nSPS) is 22.0. The predicted molar refractivity (Wildman–Crippen MR) is 127 cm³/mol. The zero-order valence-corrected chi connectivity index (χ0v) is 20.0. The monoisotopic (exact) mass is 497 g/mol. The van der Waals surface area contributed by atoms with Gasteiger partial charge in [0.1, 0.15) is 11.9 Å². The minimum Gasteiger partial charge on any atom is -0.338 e. The van der Waals surface area contributed by atoms with Crippen molar-refractivity contribution in [2.45, 2.75) is 31.2 Å². The molecule has 2 atom stereocenters. The summed E-state index contributed by atoms with van der Waals surface area (Å²) in [6.45, 7) is 0.738. The number of carbonyl (C=O) groups excluding carboxylic acids is 3. The van der Waals surface area contributed by atoms with Crippen LogP contribution in [0, 0.1) is 5.82 Å². The number of aromatic nitrogens is 2. The first-order chi connectivity index (χ1) is 16.8. The van der Waals surface area contributed by atoms with Gasteiger partial charge in [0, 0.05) is 49.4 Å². The molecule has 2 aliphatic heterocycles. The topological polar surface area (TPSA) is 87.5 Å². The van der Waals surface area contributed by atoms with Gasteiger partial charge >= 0.3 is 0 Å². The largest absolute Gasteiger partial charge is 0.338 e. The number of nitrogens with one attached hydrogen (secondary N) is 1. The maximum absolute atomic E-state index is 14.5. The summed E-state index contributed by atoms with van der Waals surface area (Å²) in [6.07, 6.45) is 8.39. The minimum absolute atomic E-state index is 0.0628. The van der Waals surface area contributed by atoms with Crippen molar-refractivity contribution in [1.82, 2.24) is 24.9 Å². The number of rotatable bonds is 4. The van der Waals surface area contributed by atoms with Crippen molar-refractivity contribution in [3.8, 4) is 0 Å². The minimum atomic E-state index is -0.781. The Bertz CT molecular complexity index is 1270. The SMILES string of the molecule is Cn1cc(CCC(=O)N2CCN3C(=O)C4=CC(c5ccc(Cl)cc5F)CC=C4NC(=O)C3C2)cn1. The van der Waals surface area contributed by atoms with Crippen LogP contribution in [0.3, 0.4) is 0 Å². The van der Waals surface area contributed by atoms with Gasteiger partial charge in [-0.25, -0.2) is 4.39 Å². The average Bonchev–Trinajstić information content (AvgIpc) is 3.23. The van der Waals surface area contributed by atoms with Gasteiger partial charge in [-0.05, 0) is 36.1 Å². The number of carbonyl (C=O) groups is 3. The van der Waals surface area contributed by atoms with Crippen molar-refractivity contribution in [1.29, 1.82) is 0 Å². The molecular formula is C25H25ClFN5O3. The molecule has 10 heteroatoms. The van der Waals surface area contributed by atoms with E-state index in [-0.39, 0.29) is 36.7 Å². The van der Waals surface area contributed by atoms with E-state index in [4.69, 9.17) is 11.6 Å². The first kappa shape index (κ1) is 23.3. The lowest BCUT2D eigenvalue weighted by molar-refractivity contribution is -0.145. The fourth-order valence-electron chi connectivity index (χ4n) is 4.90. The smallest absolute Gasteiger partial charge is 0.256 e. The van der Waals surface area contributed by atoms with Gasteiger partial charge < -0.3 is 15.1 Å². The second-order valence-corrected chi connectivity index (χ2v) is 9.51. The van der Waals surface area contributed by atoms with Crippen molar-refractivity contribution in [3.63, 3.8) is 0 Å². The molecule has 2 unspecified atom stereocenters. The molecule has 0 saturated carbocycles. The zero-order chi connectivity index (χ0) is 24.7. The Morgan fingerprint density at radius 2 is 2.11 bits per heavy atom. The van der Waals surface area contributed by atoms with E-state index in [1.165, 1.54) is 11.0 Å². The summed E-state index contributed by atoms with van der Waals surface area (Å²) in [4.78, 5) is 42.5. The molecule has 35 heavy (non-hydrogen) atoms. The van der Waals surface area contributed by atoms with Crippen molar-refractivity contribution >= 4 is 29.3 Å². The van der Waals surface area contributed by atoms with Crippen LogP contribution < -0.4 is 5.32 Å². The summed E-state index contributed by atoms with van der Waals surface area (Å²) in [5, 5.41) is 7.27. The Balaban J connectivity index is 1.32. The molecule has 1 N–H and O–H groups in total. The van der Waals surface area contributed by atoms with E-state index in [9.17, 15) is 18.8 Å². The van der Waals surface area contributed by atoms with Gasteiger partial charge in [-0.3, -0.25) is 19.1 Å². The van der Waals surface area contributed by atoms with Gasteiger partial charge in [-0.15, -0.1) is 0 Å². The number of piperazine rings is 1. The number of hydrogen-bond donors (Lipinski definition) is 1. The van der Waals surface area contributed by atoms with Crippen molar-refractivity contribution in [2.24, 2.45) is 7.05 Å². The van der Waals surface area contributed by atoms with E-state index in [1.54, 1.807) is 40.1 Å². The summed E-state index contributed by atoms with van der Waals surface area (Å²) in [5.74, 6) is -1.46. The highest BCUT2D eigenvalue weighted by molar-refractivity contribution is 6.30. The third-order valence-corrected chi connectivity index (χ3v) is 7.00. The van der Waals surface area contributed by atoms with Gasteiger partial charge in [0.15, 0.2) is 0 Å².